The second kappa shape index (κ2) is 5.82. The lowest BCUT2D eigenvalue weighted by Crippen LogP contribution is -2.34. The van der Waals surface area contributed by atoms with Gasteiger partial charge in [-0.25, -0.2) is 0 Å². The number of fused-ring (bicyclic) bond motifs is 1. The van der Waals surface area contributed by atoms with Gasteiger partial charge in [0.2, 0.25) is 5.95 Å². The zero-order valence-electron chi connectivity index (χ0n) is 13.1. The molecule has 3 aromatic rings. The van der Waals surface area contributed by atoms with E-state index >= 15 is 0 Å². The van der Waals surface area contributed by atoms with Crippen molar-refractivity contribution in [2.24, 2.45) is 5.73 Å². The van der Waals surface area contributed by atoms with E-state index in [-0.39, 0.29) is 6.17 Å². The molecule has 0 spiro atoms. The third-order valence-corrected chi connectivity index (χ3v) is 4.18. The first kappa shape index (κ1) is 14.5. The maximum atomic E-state index is 6.30. The molecule has 120 valence electrons. The van der Waals surface area contributed by atoms with Crippen LogP contribution in [0.15, 0.2) is 60.8 Å². The Morgan fingerprint density at radius 2 is 1.71 bits per heavy atom. The van der Waals surface area contributed by atoms with Crippen LogP contribution in [0.3, 0.4) is 0 Å². The van der Waals surface area contributed by atoms with Crippen molar-refractivity contribution in [3.63, 3.8) is 0 Å². The van der Waals surface area contributed by atoms with E-state index in [1.54, 1.807) is 4.57 Å². The molecule has 2 heterocycles. The van der Waals surface area contributed by atoms with Gasteiger partial charge in [-0.05, 0) is 22.8 Å². The predicted octanol–water partition coefficient (Wildman–Crippen LogP) is 2.43. The topological polar surface area (TPSA) is 86.0 Å². The molecule has 0 fully saturated rings. The Hall–Kier alpha value is -3.12. The summed E-state index contributed by atoms with van der Waals surface area (Å²) in [6.45, 7) is 0.686. The lowest BCUT2D eigenvalue weighted by molar-refractivity contribution is 0.259. The Labute approximate surface area is 140 Å². The molecule has 4 N–H and O–H groups in total. The molecule has 0 saturated carbocycles. The fourth-order valence-corrected chi connectivity index (χ4v) is 2.91. The van der Waals surface area contributed by atoms with Gasteiger partial charge in [0, 0.05) is 18.9 Å². The van der Waals surface area contributed by atoms with Crippen molar-refractivity contribution in [1.29, 1.82) is 0 Å². The second-order valence-electron chi connectivity index (χ2n) is 5.77. The van der Waals surface area contributed by atoms with Gasteiger partial charge in [-0.1, -0.05) is 48.5 Å². The van der Waals surface area contributed by atoms with Gasteiger partial charge in [0.05, 0.1) is 0 Å². The molecule has 6 heteroatoms. The molecule has 1 aromatic heterocycles. The first-order valence-corrected chi connectivity index (χ1v) is 7.76. The number of nitrogen functional groups attached to an aromatic ring is 1. The van der Waals surface area contributed by atoms with Crippen LogP contribution in [-0.4, -0.2) is 19.7 Å². The third-order valence-electron chi connectivity index (χ3n) is 4.18. The number of rotatable bonds is 3. The Morgan fingerprint density at radius 1 is 0.917 bits per heavy atom. The minimum atomic E-state index is -0.375. The molecule has 24 heavy (non-hydrogen) atoms. The van der Waals surface area contributed by atoms with E-state index in [1.807, 2.05) is 35.5 Å². The van der Waals surface area contributed by atoms with Gasteiger partial charge in [0.15, 0.2) is 5.82 Å². The molecule has 1 atom stereocenters. The Bertz CT molecular complexity index is 884. The summed E-state index contributed by atoms with van der Waals surface area (Å²) in [5.41, 5.74) is 15.6. The minimum absolute atomic E-state index is 0.349. The average molecular weight is 318 g/mol. The number of nitrogens with two attached hydrogens (primary N) is 2. The highest BCUT2D eigenvalue weighted by Crippen LogP contribution is 2.25. The molecule has 1 unspecified atom stereocenters. The summed E-state index contributed by atoms with van der Waals surface area (Å²) in [5.74, 6) is 0.997. The molecule has 2 aromatic carbocycles. The SMILES string of the molecule is Nc1nnc2n1C=CN(Cc1cccc(-c3ccccc3)c1)C2N. The molecule has 4 rings (SSSR count). The highest BCUT2D eigenvalue weighted by Gasteiger charge is 2.24. The maximum absolute atomic E-state index is 6.30. The third kappa shape index (κ3) is 2.53. The smallest absolute Gasteiger partial charge is 0.226 e. The molecular weight excluding hydrogens is 300 g/mol. The van der Waals surface area contributed by atoms with Crippen molar-refractivity contribution < 1.29 is 0 Å². The van der Waals surface area contributed by atoms with Crippen molar-refractivity contribution >= 4 is 12.1 Å². The fourth-order valence-electron chi connectivity index (χ4n) is 2.91. The van der Waals surface area contributed by atoms with Crippen molar-refractivity contribution in [2.75, 3.05) is 5.73 Å². The van der Waals surface area contributed by atoms with E-state index in [4.69, 9.17) is 11.5 Å². The summed E-state index contributed by atoms with van der Waals surface area (Å²) in [5, 5.41) is 7.94. The van der Waals surface area contributed by atoms with Crippen LogP contribution in [0.1, 0.15) is 17.6 Å². The summed E-state index contributed by atoms with van der Waals surface area (Å²) in [4.78, 5) is 2.02. The van der Waals surface area contributed by atoms with Crippen LogP contribution in [0.25, 0.3) is 17.3 Å². The largest absolute Gasteiger partial charge is 0.368 e. The summed E-state index contributed by atoms with van der Waals surface area (Å²) in [7, 11) is 0. The zero-order chi connectivity index (χ0) is 16.5. The highest BCUT2D eigenvalue weighted by molar-refractivity contribution is 5.63. The van der Waals surface area contributed by atoms with Crippen molar-refractivity contribution in [3.8, 4) is 11.1 Å². The molecule has 0 saturated heterocycles. The monoisotopic (exact) mass is 318 g/mol. The number of aromatic nitrogens is 3. The van der Waals surface area contributed by atoms with Crippen molar-refractivity contribution in [3.05, 3.63) is 72.2 Å². The molecule has 1 aliphatic rings. The molecule has 0 bridgehead atoms. The number of benzene rings is 2. The van der Waals surface area contributed by atoms with Crippen LogP contribution >= 0.6 is 0 Å². The summed E-state index contributed by atoms with van der Waals surface area (Å²) >= 11 is 0. The van der Waals surface area contributed by atoms with E-state index in [0.29, 0.717) is 18.3 Å². The van der Waals surface area contributed by atoms with Gasteiger partial charge >= 0.3 is 0 Å². The van der Waals surface area contributed by atoms with Crippen LogP contribution in [-0.2, 0) is 6.54 Å². The van der Waals surface area contributed by atoms with E-state index in [0.717, 1.165) is 0 Å². The molecule has 6 nitrogen and oxygen atoms in total. The van der Waals surface area contributed by atoms with Gasteiger partial charge in [-0.15, -0.1) is 10.2 Å². The lowest BCUT2D eigenvalue weighted by Gasteiger charge is -2.30. The molecular formula is C18H18N6. The number of anilines is 1. The van der Waals surface area contributed by atoms with Gasteiger partial charge in [0.25, 0.3) is 0 Å². The first-order valence-electron chi connectivity index (χ1n) is 7.76. The predicted molar refractivity (Wildman–Crippen MR) is 94.1 cm³/mol. The first-order chi connectivity index (χ1) is 11.7. The van der Waals surface area contributed by atoms with Crippen LogP contribution < -0.4 is 11.5 Å². The van der Waals surface area contributed by atoms with E-state index in [9.17, 15) is 0 Å². The molecule has 1 aliphatic heterocycles. The second-order valence-corrected chi connectivity index (χ2v) is 5.77. The standard InChI is InChI=1S/C18H18N6/c19-16-17-21-22-18(20)24(17)10-9-23(16)12-13-5-4-8-15(11-13)14-6-2-1-3-7-14/h1-11,16H,12,19H2,(H2,20,22). The normalized spacial score (nSPS) is 16.2. The fraction of sp³-hybridized carbons (Fsp3) is 0.111. The molecule has 0 radical (unpaired) electrons. The summed E-state index contributed by atoms with van der Waals surface area (Å²) in [6, 6.07) is 18.8. The Balaban J connectivity index is 1.58. The zero-order valence-corrected chi connectivity index (χ0v) is 13.1. The Kier molecular flexibility index (Phi) is 3.51. The average Bonchev–Trinajstić information content (AvgIpc) is 3.00. The maximum Gasteiger partial charge on any atom is 0.226 e. The van der Waals surface area contributed by atoms with Crippen LogP contribution in [0, 0.1) is 0 Å². The van der Waals surface area contributed by atoms with Crippen LogP contribution in [0.2, 0.25) is 0 Å². The Morgan fingerprint density at radius 3 is 2.54 bits per heavy atom. The summed E-state index contributed by atoms with van der Waals surface area (Å²) < 4.78 is 1.71. The number of hydrogen-bond acceptors (Lipinski definition) is 5. The van der Waals surface area contributed by atoms with Gasteiger partial charge in [-0.2, -0.15) is 0 Å². The van der Waals surface area contributed by atoms with E-state index in [2.05, 4.69) is 46.6 Å². The highest BCUT2D eigenvalue weighted by atomic mass is 15.4. The van der Waals surface area contributed by atoms with Crippen molar-refractivity contribution in [1.82, 2.24) is 19.7 Å². The van der Waals surface area contributed by atoms with Crippen LogP contribution in [0.4, 0.5) is 5.95 Å². The van der Waals surface area contributed by atoms with E-state index < -0.39 is 0 Å². The quantitative estimate of drug-likeness (QED) is 0.774. The van der Waals surface area contributed by atoms with E-state index in [1.165, 1.54) is 16.7 Å². The van der Waals surface area contributed by atoms with Gasteiger partial charge in [-0.3, -0.25) is 4.57 Å². The van der Waals surface area contributed by atoms with Gasteiger partial charge < -0.3 is 16.4 Å². The summed E-state index contributed by atoms with van der Waals surface area (Å²) in [6.07, 6.45) is 3.39. The van der Waals surface area contributed by atoms with Crippen LogP contribution in [0.5, 0.6) is 0 Å². The van der Waals surface area contributed by atoms with Gasteiger partial charge in [0.1, 0.15) is 6.17 Å². The number of hydrogen-bond donors (Lipinski definition) is 2. The lowest BCUT2D eigenvalue weighted by atomic mass is 10.0. The van der Waals surface area contributed by atoms with Crippen molar-refractivity contribution in [2.45, 2.75) is 12.7 Å². The number of nitrogens with zero attached hydrogens (tertiary/aromatic N) is 4. The molecule has 0 aliphatic carbocycles. The minimum Gasteiger partial charge on any atom is -0.368 e. The molecule has 0 amide bonds.